The van der Waals surface area contributed by atoms with Crippen LogP contribution < -0.4 is 4.74 Å². The summed E-state index contributed by atoms with van der Waals surface area (Å²) in [5.41, 5.74) is 2.54. The highest BCUT2D eigenvalue weighted by atomic mass is 32.1. The Morgan fingerprint density at radius 1 is 1.15 bits per heavy atom. The summed E-state index contributed by atoms with van der Waals surface area (Å²) >= 11 is 1.51. The number of amides is 1. The van der Waals surface area contributed by atoms with Gasteiger partial charge in [-0.3, -0.25) is 9.78 Å². The predicted octanol–water partition coefficient (Wildman–Crippen LogP) is 4.20. The van der Waals surface area contributed by atoms with Gasteiger partial charge in [-0.1, -0.05) is 30.3 Å². The van der Waals surface area contributed by atoms with Gasteiger partial charge in [-0.15, -0.1) is 11.3 Å². The number of benzene rings is 1. The van der Waals surface area contributed by atoms with Gasteiger partial charge in [0, 0.05) is 42.6 Å². The number of carbonyl (C=O) groups is 1. The van der Waals surface area contributed by atoms with E-state index in [1.54, 1.807) is 6.20 Å². The average molecular weight is 379 g/mol. The highest BCUT2D eigenvalue weighted by Gasteiger charge is 2.26. The zero-order valence-electron chi connectivity index (χ0n) is 15.2. The number of hydrogen-bond acceptors (Lipinski definition) is 5. The average Bonchev–Trinajstić information content (AvgIpc) is 3.21. The molecule has 1 aliphatic heterocycles. The normalized spacial score (nSPS) is 14.9. The third kappa shape index (κ3) is 4.17. The van der Waals surface area contributed by atoms with Gasteiger partial charge in [0.05, 0.1) is 6.20 Å². The maximum Gasteiger partial charge on any atom is 0.273 e. The van der Waals surface area contributed by atoms with Crippen LogP contribution in [0.1, 0.15) is 29.0 Å². The number of thiazole rings is 1. The van der Waals surface area contributed by atoms with Gasteiger partial charge in [0.15, 0.2) is 0 Å². The summed E-state index contributed by atoms with van der Waals surface area (Å²) < 4.78 is 5.99. The summed E-state index contributed by atoms with van der Waals surface area (Å²) in [7, 11) is 0. The van der Waals surface area contributed by atoms with Crippen molar-refractivity contribution in [1.29, 1.82) is 0 Å². The maximum absolute atomic E-state index is 12.8. The second-order valence-electron chi connectivity index (χ2n) is 6.65. The van der Waals surface area contributed by atoms with Crippen molar-refractivity contribution >= 4 is 17.2 Å². The van der Waals surface area contributed by atoms with E-state index < -0.39 is 0 Å². The zero-order valence-corrected chi connectivity index (χ0v) is 16.0. The van der Waals surface area contributed by atoms with Crippen molar-refractivity contribution < 1.29 is 9.53 Å². The molecule has 2 aromatic heterocycles. The molecule has 6 heteroatoms. The Balaban J connectivity index is 1.35. The standard InChI is InChI=1S/C21H21N3O2S/c1-15-7-8-18(13-22-15)26-17-9-11-24(12-10-17)21(25)19-14-27-20(23-19)16-5-3-2-4-6-16/h2-8,13-14,17H,9-12H2,1H3. The Hall–Kier alpha value is -2.73. The van der Waals surface area contributed by atoms with Crippen LogP contribution in [0.15, 0.2) is 54.0 Å². The van der Waals surface area contributed by atoms with Crippen LogP contribution in [0.4, 0.5) is 0 Å². The molecule has 138 valence electrons. The van der Waals surface area contributed by atoms with E-state index in [1.165, 1.54) is 11.3 Å². The first-order valence-corrected chi connectivity index (χ1v) is 9.96. The number of likely N-dealkylation sites (tertiary alicyclic amines) is 1. The fourth-order valence-corrected chi connectivity index (χ4v) is 3.94. The maximum atomic E-state index is 12.8. The molecular formula is C21H21N3O2S. The number of aromatic nitrogens is 2. The summed E-state index contributed by atoms with van der Waals surface area (Å²) in [5.74, 6) is 0.793. The number of pyridine rings is 1. The van der Waals surface area contributed by atoms with Gasteiger partial charge >= 0.3 is 0 Å². The van der Waals surface area contributed by atoms with Gasteiger partial charge in [0.1, 0.15) is 22.6 Å². The largest absolute Gasteiger partial charge is 0.489 e. The van der Waals surface area contributed by atoms with Crippen LogP contribution in [0.2, 0.25) is 0 Å². The molecule has 3 aromatic rings. The monoisotopic (exact) mass is 379 g/mol. The highest BCUT2D eigenvalue weighted by Crippen LogP contribution is 2.25. The van der Waals surface area contributed by atoms with Gasteiger partial charge in [-0.05, 0) is 19.1 Å². The molecule has 1 saturated heterocycles. The van der Waals surface area contributed by atoms with E-state index in [0.29, 0.717) is 18.8 Å². The Kier molecular flexibility index (Phi) is 5.16. The van der Waals surface area contributed by atoms with Gasteiger partial charge in [-0.2, -0.15) is 0 Å². The lowest BCUT2D eigenvalue weighted by molar-refractivity contribution is 0.0590. The van der Waals surface area contributed by atoms with Crippen LogP contribution >= 0.6 is 11.3 Å². The van der Waals surface area contributed by atoms with E-state index in [1.807, 2.05) is 59.7 Å². The first-order chi connectivity index (χ1) is 13.2. The van der Waals surface area contributed by atoms with E-state index in [0.717, 1.165) is 34.9 Å². The van der Waals surface area contributed by atoms with E-state index in [2.05, 4.69) is 9.97 Å². The van der Waals surface area contributed by atoms with Crippen LogP contribution in [-0.4, -0.2) is 40.0 Å². The lowest BCUT2D eigenvalue weighted by Crippen LogP contribution is -2.41. The van der Waals surface area contributed by atoms with E-state index in [4.69, 9.17) is 4.74 Å². The van der Waals surface area contributed by atoms with Crippen molar-refractivity contribution in [1.82, 2.24) is 14.9 Å². The van der Waals surface area contributed by atoms with Crippen LogP contribution in [0, 0.1) is 6.92 Å². The van der Waals surface area contributed by atoms with Gasteiger partial charge < -0.3 is 9.64 Å². The molecule has 0 spiro atoms. The number of hydrogen-bond donors (Lipinski definition) is 0. The van der Waals surface area contributed by atoms with Crippen LogP contribution in [0.3, 0.4) is 0 Å². The second kappa shape index (κ2) is 7.88. The molecule has 4 rings (SSSR count). The zero-order chi connectivity index (χ0) is 18.6. The van der Waals surface area contributed by atoms with Crippen LogP contribution in [0.25, 0.3) is 10.6 Å². The highest BCUT2D eigenvalue weighted by molar-refractivity contribution is 7.13. The Bertz CT molecular complexity index is 901. The van der Waals surface area contributed by atoms with Gasteiger partial charge in [0.25, 0.3) is 5.91 Å². The van der Waals surface area contributed by atoms with Crippen molar-refractivity contribution in [3.8, 4) is 16.3 Å². The van der Waals surface area contributed by atoms with Crippen molar-refractivity contribution in [3.05, 3.63) is 65.4 Å². The SMILES string of the molecule is Cc1ccc(OC2CCN(C(=O)c3csc(-c4ccccc4)n3)CC2)cn1. The first kappa shape index (κ1) is 17.7. The summed E-state index contributed by atoms with van der Waals surface area (Å²) in [6.07, 6.45) is 3.51. The number of nitrogens with zero attached hydrogens (tertiary/aromatic N) is 3. The molecule has 0 unspecified atom stereocenters. The smallest absolute Gasteiger partial charge is 0.273 e. The molecule has 0 radical (unpaired) electrons. The topological polar surface area (TPSA) is 55.3 Å². The summed E-state index contributed by atoms with van der Waals surface area (Å²) in [5, 5.41) is 2.73. The number of aryl methyl sites for hydroxylation is 1. The molecular weight excluding hydrogens is 358 g/mol. The minimum Gasteiger partial charge on any atom is -0.489 e. The van der Waals surface area contributed by atoms with Crippen LogP contribution in [-0.2, 0) is 0 Å². The van der Waals surface area contributed by atoms with E-state index in [9.17, 15) is 4.79 Å². The van der Waals surface area contributed by atoms with Crippen molar-refractivity contribution in [2.75, 3.05) is 13.1 Å². The Labute approximate surface area is 162 Å². The first-order valence-electron chi connectivity index (χ1n) is 9.08. The van der Waals surface area contributed by atoms with Crippen molar-refractivity contribution in [2.24, 2.45) is 0 Å². The van der Waals surface area contributed by atoms with E-state index >= 15 is 0 Å². The fourth-order valence-electron chi connectivity index (χ4n) is 3.14. The second-order valence-corrected chi connectivity index (χ2v) is 7.51. The predicted molar refractivity (Wildman–Crippen MR) is 106 cm³/mol. The van der Waals surface area contributed by atoms with Gasteiger partial charge in [0.2, 0.25) is 0 Å². The lowest BCUT2D eigenvalue weighted by Gasteiger charge is -2.31. The number of carbonyl (C=O) groups excluding carboxylic acids is 1. The summed E-state index contributed by atoms with van der Waals surface area (Å²) in [6.45, 7) is 3.32. The molecule has 1 aliphatic rings. The quantitative estimate of drug-likeness (QED) is 0.682. The lowest BCUT2D eigenvalue weighted by atomic mass is 10.1. The Morgan fingerprint density at radius 3 is 2.63 bits per heavy atom. The number of rotatable bonds is 4. The fraction of sp³-hybridized carbons (Fsp3) is 0.286. The third-order valence-electron chi connectivity index (χ3n) is 4.66. The molecule has 1 fully saturated rings. The van der Waals surface area contributed by atoms with Crippen LogP contribution in [0.5, 0.6) is 5.75 Å². The molecule has 0 N–H and O–H groups in total. The van der Waals surface area contributed by atoms with E-state index in [-0.39, 0.29) is 12.0 Å². The third-order valence-corrected chi connectivity index (χ3v) is 5.55. The molecule has 1 amide bonds. The molecule has 0 atom stereocenters. The molecule has 0 saturated carbocycles. The molecule has 5 nitrogen and oxygen atoms in total. The molecule has 0 aliphatic carbocycles. The Morgan fingerprint density at radius 2 is 1.93 bits per heavy atom. The molecule has 27 heavy (non-hydrogen) atoms. The summed E-state index contributed by atoms with van der Waals surface area (Å²) in [4.78, 5) is 23.4. The van der Waals surface area contributed by atoms with Crippen molar-refractivity contribution in [3.63, 3.8) is 0 Å². The minimum atomic E-state index is 0.00360. The minimum absolute atomic E-state index is 0.00360. The summed E-state index contributed by atoms with van der Waals surface area (Å²) in [6, 6.07) is 13.8. The molecule has 1 aromatic carbocycles. The number of piperidine rings is 1. The van der Waals surface area contributed by atoms with Crippen molar-refractivity contribution in [2.45, 2.75) is 25.9 Å². The molecule has 3 heterocycles. The van der Waals surface area contributed by atoms with Gasteiger partial charge in [-0.25, -0.2) is 4.98 Å². The number of ether oxygens (including phenoxy) is 1. The molecule has 0 bridgehead atoms.